The molecule has 1 nitrogen and oxygen atoms in total. The first kappa shape index (κ1) is 15.2. The van der Waals surface area contributed by atoms with E-state index < -0.39 is 29.2 Å². The number of Topliss-reactive ketones (excluding diaryl/α,β-unsaturated/α-hetero) is 1. The van der Waals surface area contributed by atoms with Crippen molar-refractivity contribution in [2.45, 2.75) is 13.1 Å². The fourth-order valence-corrected chi connectivity index (χ4v) is 1.94. The summed E-state index contributed by atoms with van der Waals surface area (Å²) in [4.78, 5) is 11.2. The Labute approximate surface area is 117 Å². The third-order valence-corrected chi connectivity index (χ3v) is 2.96. The second kappa shape index (κ2) is 5.27. The monoisotopic (exact) mass is 300 g/mol. The van der Waals surface area contributed by atoms with Gasteiger partial charge in [-0.25, -0.2) is 8.78 Å². The fourth-order valence-electron chi connectivity index (χ4n) is 1.94. The minimum absolute atomic E-state index is 0.00481. The van der Waals surface area contributed by atoms with Crippen molar-refractivity contribution in [2.75, 3.05) is 0 Å². The zero-order chi connectivity index (χ0) is 15.8. The first-order valence-electron chi connectivity index (χ1n) is 5.88. The minimum Gasteiger partial charge on any atom is -0.294 e. The number of halogens is 5. The van der Waals surface area contributed by atoms with Crippen LogP contribution >= 0.6 is 0 Å². The summed E-state index contributed by atoms with van der Waals surface area (Å²) < 4.78 is 65.4. The maximum Gasteiger partial charge on any atom is 0.419 e. The molecule has 0 fully saturated rings. The van der Waals surface area contributed by atoms with E-state index in [1.165, 1.54) is 0 Å². The highest BCUT2D eigenvalue weighted by molar-refractivity contribution is 5.95. The molecule has 0 N–H and O–H groups in total. The maximum absolute atomic E-state index is 14.0. The molecule has 0 aliphatic heterocycles. The van der Waals surface area contributed by atoms with Gasteiger partial charge in [-0.15, -0.1) is 0 Å². The lowest BCUT2D eigenvalue weighted by Gasteiger charge is -2.12. The van der Waals surface area contributed by atoms with Gasteiger partial charge in [0.1, 0.15) is 11.6 Å². The molecule has 0 heterocycles. The normalized spacial score (nSPS) is 11.5. The second-order valence-electron chi connectivity index (χ2n) is 4.42. The van der Waals surface area contributed by atoms with Crippen LogP contribution in [0.4, 0.5) is 22.0 Å². The zero-order valence-electron chi connectivity index (χ0n) is 10.8. The molecule has 0 amide bonds. The lowest BCUT2D eigenvalue weighted by Crippen LogP contribution is -2.09. The third-order valence-electron chi connectivity index (χ3n) is 2.96. The summed E-state index contributed by atoms with van der Waals surface area (Å²) in [7, 11) is 0. The van der Waals surface area contributed by atoms with Gasteiger partial charge in [-0.1, -0.05) is 18.2 Å². The molecule has 6 heteroatoms. The first-order valence-corrected chi connectivity index (χ1v) is 5.88. The summed E-state index contributed by atoms with van der Waals surface area (Å²) in [5.41, 5.74) is -2.05. The average Bonchev–Trinajstić information content (AvgIpc) is 2.38. The predicted molar refractivity (Wildman–Crippen MR) is 66.8 cm³/mol. The van der Waals surface area contributed by atoms with Crippen molar-refractivity contribution < 1.29 is 26.7 Å². The van der Waals surface area contributed by atoms with Crippen LogP contribution in [-0.4, -0.2) is 5.78 Å². The second-order valence-corrected chi connectivity index (χ2v) is 4.42. The van der Waals surface area contributed by atoms with Gasteiger partial charge in [0.2, 0.25) is 0 Å². The lowest BCUT2D eigenvalue weighted by atomic mass is 9.98. The van der Waals surface area contributed by atoms with Crippen molar-refractivity contribution in [1.29, 1.82) is 0 Å². The van der Waals surface area contributed by atoms with Crippen molar-refractivity contribution in [1.82, 2.24) is 0 Å². The zero-order valence-corrected chi connectivity index (χ0v) is 10.8. The summed E-state index contributed by atoms with van der Waals surface area (Å²) in [6.07, 6.45) is -4.83. The molecular weight excluding hydrogens is 291 g/mol. The molecule has 0 atom stereocenters. The van der Waals surface area contributed by atoms with Gasteiger partial charge < -0.3 is 0 Å². The van der Waals surface area contributed by atoms with E-state index in [9.17, 15) is 26.7 Å². The van der Waals surface area contributed by atoms with Crippen molar-refractivity contribution in [3.8, 4) is 11.1 Å². The number of ketones is 1. The predicted octanol–water partition coefficient (Wildman–Crippen LogP) is 4.85. The van der Waals surface area contributed by atoms with E-state index in [1.807, 2.05) is 0 Å². The largest absolute Gasteiger partial charge is 0.419 e. The molecule has 0 aliphatic carbocycles. The molecule has 0 saturated heterocycles. The highest BCUT2D eigenvalue weighted by atomic mass is 19.4. The van der Waals surface area contributed by atoms with E-state index in [1.54, 1.807) is 0 Å². The minimum atomic E-state index is -4.83. The molecule has 0 saturated carbocycles. The quantitative estimate of drug-likeness (QED) is 0.572. The van der Waals surface area contributed by atoms with Gasteiger partial charge in [-0.2, -0.15) is 13.2 Å². The van der Waals surface area contributed by atoms with Crippen molar-refractivity contribution in [2.24, 2.45) is 0 Å². The number of carbonyl (C=O) groups excluding carboxylic acids is 1. The van der Waals surface area contributed by atoms with Crippen LogP contribution < -0.4 is 0 Å². The molecule has 110 valence electrons. The van der Waals surface area contributed by atoms with Gasteiger partial charge in [-0.05, 0) is 30.7 Å². The highest BCUT2D eigenvalue weighted by Crippen LogP contribution is 2.35. The summed E-state index contributed by atoms with van der Waals surface area (Å²) in [6.45, 7) is 1.12. The number of alkyl halides is 3. The van der Waals surface area contributed by atoms with E-state index in [4.69, 9.17) is 0 Å². The van der Waals surface area contributed by atoms with E-state index in [-0.39, 0.29) is 16.7 Å². The van der Waals surface area contributed by atoms with Crippen LogP contribution in [0.15, 0.2) is 36.4 Å². The Balaban J connectivity index is 2.63. The Hall–Kier alpha value is -2.24. The van der Waals surface area contributed by atoms with Gasteiger partial charge in [0.15, 0.2) is 5.78 Å². The van der Waals surface area contributed by atoms with Crippen LogP contribution in [0.2, 0.25) is 0 Å². The van der Waals surface area contributed by atoms with Crippen molar-refractivity contribution >= 4 is 5.78 Å². The number of carbonyl (C=O) groups is 1. The Morgan fingerprint density at radius 1 is 1.05 bits per heavy atom. The number of rotatable bonds is 2. The molecule has 2 aromatic carbocycles. The first-order chi connectivity index (χ1) is 9.71. The van der Waals surface area contributed by atoms with E-state index in [2.05, 4.69) is 0 Å². The Bertz CT molecular complexity index is 704. The molecule has 0 bridgehead atoms. The smallest absolute Gasteiger partial charge is 0.294 e. The molecule has 0 spiro atoms. The standard InChI is InChI=1S/C15H9F5O/c1-8(21)11-7-9(5-6-13(11)16)10-3-2-4-12(14(10)17)15(18,19)20/h2-7H,1H3. The van der Waals surface area contributed by atoms with Gasteiger partial charge in [0.05, 0.1) is 11.1 Å². The van der Waals surface area contributed by atoms with Gasteiger partial charge >= 0.3 is 6.18 Å². The van der Waals surface area contributed by atoms with Crippen molar-refractivity contribution in [3.05, 3.63) is 59.2 Å². The van der Waals surface area contributed by atoms with E-state index in [0.29, 0.717) is 6.07 Å². The van der Waals surface area contributed by atoms with E-state index >= 15 is 0 Å². The molecule has 2 aromatic rings. The van der Waals surface area contributed by atoms with Gasteiger partial charge in [0, 0.05) is 5.56 Å². The fraction of sp³-hybridized carbons (Fsp3) is 0.133. The Morgan fingerprint density at radius 2 is 1.71 bits per heavy atom. The van der Waals surface area contributed by atoms with E-state index in [0.717, 1.165) is 37.3 Å². The van der Waals surface area contributed by atoms with Crippen LogP contribution in [0.5, 0.6) is 0 Å². The van der Waals surface area contributed by atoms with Crippen LogP contribution in [-0.2, 0) is 6.18 Å². The average molecular weight is 300 g/mol. The van der Waals surface area contributed by atoms with Crippen LogP contribution in [0, 0.1) is 11.6 Å². The Kier molecular flexibility index (Phi) is 3.80. The molecule has 0 unspecified atom stereocenters. The van der Waals surface area contributed by atoms with Crippen LogP contribution in [0.1, 0.15) is 22.8 Å². The number of hydrogen-bond donors (Lipinski definition) is 0. The summed E-state index contributed by atoms with van der Waals surface area (Å²) in [5.74, 6) is -2.86. The number of hydrogen-bond acceptors (Lipinski definition) is 1. The number of benzene rings is 2. The van der Waals surface area contributed by atoms with Gasteiger partial charge in [0.25, 0.3) is 0 Å². The van der Waals surface area contributed by atoms with Crippen LogP contribution in [0.25, 0.3) is 11.1 Å². The summed E-state index contributed by atoms with van der Waals surface area (Å²) >= 11 is 0. The molecule has 2 rings (SSSR count). The molecule has 0 aromatic heterocycles. The van der Waals surface area contributed by atoms with Crippen molar-refractivity contribution in [3.63, 3.8) is 0 Å². The molecular formula is C15H9F5O. The summed E-state index contributed by atoms with van der Waals surface area (Å²) in [5, 5.41) is 0. The lowest BCUT2D eigenvalue weighted by molar-refractivity contribution is -0.139. The third kappa shape index (κ3) is 2.94. The SMILES string of the molecule is CC(=O)c1cc(-c2cccc(C(F)(F)F)c2F)ccc1F. The molecule has 21 heavy (non-hydrogen) atoms. The maximum atomic E-state index is 14.0. The van der Waals surface area contributed by atoms with Crippen LogP contribution in [0.3, 0.4) is 0 Å². The molecule has 0 aliphatic rings. The highest BCUT2D eigenvalue weighted by Gasteiger charge is 2.35. The Morgan fingerprint density at radius 3 is 2.29 bits per heavy atom. The topological polar surface area (TPSA) is 17.1 Å². The molecule has 0 radical (unpaired) electrons. The summed E-state index contributed by atoms with van der Waals surface area (Å²) in [6, 6.07) is 5.90. The van der Waals surface area contributed by atoms with Gasteiger partial charge in [-0.3, -0.25) is 4.79 Å².